The van der Waals surface area contributed by atoms with Crippen LogP contribution >= 0.6 is 23.5 Å². The van der Waals surface area contributed by atoms with Crippen molar-refractivity contribution in [3.8, 4) is 11.7 Å². The van der Waals surface area contributed by atoms with Crippen molar-refractivity contribution in [1.82, 2.24) is 24.4 Å². The highest BCUT2D eigenvalue weighted by Gasteiger charge is 2.62. The summed E-state index contributed by atoms with van der Waals surface area (Å²) < 4.78 is 54.8. The molecule has 0 radical (unpaired) electrons. The van der Waals surface area contributed by atoms with Gasteiger partial charge in [-0.2, -0.15) is 13.2 Å². The SMILES string of the molecule is CC(C)(C)OC(=O)N1CC(CCCCc2cccc(SNC(=O)c3ccc(-n4ccc(OCCC5(C(F)(F)F)CC5)n4)nc3Cl)c2)CC1(C)C. The third-order valence-electron chi connectivity index (χ3n) is 9.22. The zero-order valence-corrected chi connectivity index (χ0v) is 30.7. The minimum absolute atomic E-state index is 0.0203. The molecule has 1 atom stereocenters. The number of aromatic nitrogens is 3. The molecule has 50 heavy (non-hydrogen) atoms. The monoisotopic (exact) mass is 735 g/mol. The topological polar surface area (TPSA) is 98.6 Å². The molecule has 2 aliphatic rings. The van der Waals surface area contributed by atoms with Crippen molar-refractivity contribution in [2.24, 2.45) is 11.3 Å². The van der Waals surface area contributed by atoms with Gasteiger partial charge in [0.15, 0.2) is 5.82 Å². The van der Waals surface area contributed by atoms with Gasteiger partial charge in [0.2, 0.25) is 5.88 Å². The van der Waals surface area contributed by atoms with Crippen molar-refractivity contribution < 1.29 is 32.2 Å². The molecule has 1 N–H and O–H groups in total. The first kappa shape index (κ1) is 37.8. The van der Waals surface area contributed by atoms with E-state index in [0.29, 0.717) is 18.3 Å². The predicted molar refractivity (Wildman–Crippen MR) is 187 cm³/mol. The lowest BCUT2D eigenvalue weighted by molar-refractivity contribution is -0.190. The van der Waals surface area contributed by atoms with Crippen LogP contribution in [0, 0.1) is 11.3 Å². The number of nitrogens with zero attached hydrogens (tertiary/aromatic N) is 4. The molecule has 1 aliphatic carbocycles. The molecule has 9 nitrogen and oxygen atoms in total. The highest BCUT2D eigenvalue weighted by Crippen LogP contribution is 2.59. The molecular formula is C36H45ClF3N5O4S. The van der Waals surface area contributed by atoms with Crippen LogP contribution in [0.1, 0.15) is 95.5 Å². The Balaban J connectivity index is 1.05. The number of carbonyl (C=O) groups excluding carboxylic acids is 2. The van der Waals surface area contributed by atoms with Crippen molar-refractivity contribution in [1.29, 1.82) is 0 Å². The fourth-order valence-electron chi connectivity index (χ4n) is 6.32. The molecule has 1 saturated carbocycles. The summed E-state index contributed by atoms with van der Waals surface area (Å²) in [7, 11) is 0. The van der Waals surface area contributed by atoms with Crippen LogP contribution in [0.5, 0.6) is 5.88 Å². The van der Waals surface area contributed by atoms with E-state index in [1.54, 1.807) is 12.3 Å². The largest absolute Gasteiger partial charge is 0.477 e. The Bertz CT molecular complexity index is 1670. The number of nitrogens with one attached hydrogen (secondary N) is 1. The van der Waals surface area contributed by atoms with Gasteiger partial charge in [-0.15, -0.1) is 5.10 Å². The number of likely N-dealkylation sites (tertiary alicyclic amines) is 1. The summed E-state index contributed by atoms with van der Waals surface area (Å²) in [6, 6.07) is 12.7. The molecular weight excluding hydrogens is 691 g/mol. The third-order valence-corrected chi connectivity index (χ3v) is 10.3. The lowest BCUT2D eigenvalue weighted by atomic mass is 9.92. The van der Waals surface area contributed by atoms with Crippen molar-refractivity contribution in [3.63, 3.8) is 0 Å². The van der Waals surface area contributed by atoms with Crippen molar-refractivity contribution >= 4 is 35.5 Å². The predicted octanol–water partition coefficient (Wildman–Crippen LogP) is 9.22. The summed E-state index contributed by atoms with van der Waals surface area (Å²) in [6.07, 6.45) is 2.20. The van der Waals surface area contributed by atoms with E-state index in [9.17, 15) is 22.8 Å². The van der Waals surface area contributed by atoms with Gasteiger partial charge in [0.25, 0.3) is 5.91 Å². The van der Waals surface area contributed by atoms with Gasteiger partial charge in [-0.05, 0) is 127 Å². The first-order valence-corrected chi connectivity index (χ1v) is 18.1. The first-order valence-electron chi connectivity index (χ1n) is 16.9. The molecule has 3 heterocycles. The number of amides is 2. The Hall–Kier alpha value is -3.45. The molecule has 1 aromatic carbocycles. The van der Waals surface area contributed by atoms with Crippen LogP contribution in [0.4, 0.5) is 18.0 Å². The Morgan fingerprint density at radius 3 is 2.54 bits per heavy atom. The summed E-state index contributed by atoms with van der Waals surface area (Å²) in [5.41, 5.74) is -1.02. The van der Waals surface area contributed by atoms with E-state index in [1.165, 1.54) is 34.3 Å². The molecule has 2 amide bonds. The zero-order chi connectivity index (χ0) is 36.3. The van der Waals surface area contributed by atoms with Gasteiger partial charge in [0, 0.05) is 29.2 Å². The molecule has 2 fully saturated rings. The number of rotatable bonds is 13. The van der Waals surface area contributed by atoms with E-state index < -0.39 is 23.1 Å². The average Bonchev–Trinajstić information content (AvgIpc) is 3.57. The minimum atomic E-state index is -4.22. The Kier molecular flexibility index (Phi) is 11.4. The van der Waals surface area contributed by atoms with Crippen LogP contribution in [0.15, 0.2) is 53.6 Å². The van der Waals surface area contributed by atoms with Crippen LogP contribution in [0.25, 0.3) is 5.82 Å². The third kappa shape index (κ3) is 9.65. The van der Waals surface area contributed by atoms with Gasteiger partial charge in [-0.1, -0.05) is 30.2 Å². The Morgan fingerprint density at radius 1 is 1.10 bits per heavy atom. The molecule has 5 rings (SSSR count). The summed E-state index contributed by atoms with van der Waals surface area (Å²) in [6.45, 7) is 10.5. The lowest BCUT2D eigenvalue weighted by Crippen LogP contribution is -2.45. The summed E-state index contributed by atoms with van der Waals surface area (Å²) in [4.78, 5) is 32.7. The first-order chi connectivity index (χ1) is 23.4. The van der Waals surface area contributed by atoms with Gasteiger partial charge in [-0.3, -0.25) is 9.52 Å². The fraction of sp³-hybridized carbons (Fsp3) is 0.556. The Morgan fingerprint density at radius 2 is 1.86 bits per heavy atom. The van der Waals surface area contributed by atoms with Crippen molar-refractivity contribution in [3.05, 3.63) is 64.9 Å². The number of hydrogen-bond acceptors (Lipinski definition) is 7. The highest BCUT2D eigenvalue weighted by molar-refractivity contribution is 7.98. The smallest absolute Gasteiger partial charge is 0.410 e. The van der Waals surface area contributed by atoms with E-state index >= 15 is 0 Å². The summed E-state index contributed by atoms with van der Waals surface area (Å²) in [5.74, 6) is 0.529. The van der Waals surface area contributed by atoms with Gasteiger partial charge in [0.05, 0.1) is 17.6 Å². The zero-order valence-electron chi connectivity index (χ0n) is 29.1. The molecule has 3 aromatic rings. The quantitative estimate of drug-likeness (QED) is 0.106. The second-order valence-corrected chi connectivity index (χ2v) is 16.1. The maximum absolute atomic E-state index is 13.2. The maximum Gasteiger partial charge on any atom is 0.410 e. The minimum Gasteiger partial charge on any atom is -0.477 e. The number of unbranched alkanes of at least 4 members (excludes halogenated alkanes) is 1. The van der Waals surface area contributed by atoms with E-state index in [4.69, 9.17) is 21.1 Å². The van der Waals surface area contributed by atoms with E-state index in [2.05, 4.69) is 40.8 Å². The average molecular weight is 736 g/mol. The van der Waals surface area contributed by atoms with Crippen LogP contribution in [0.2, 0.25) is 5.15 Å². The summed E-state index contributed by atoms with van der Waals surface area (Å²) >= 11 is 7.56. The van der Waals surface area contributed by atoms with Crippen LogP contribution in [0.3, 0.4) is 0 Å². The van der Waals surface area contributed by atoms with Crippen molar-refractivity contribution in [2.75, 3.05) is 13.2 Å². The second kappa shape index (κ2) is 15.0. The molecule has 0 spiro atoms. The summed E-state index contributed by atoms with van der Waals surface area (Å²) in [5, 5.41) is 4.20. The second-order valence-electron chi connectivity index (χ2n) is 14.9. The van der Waals surface area contributed by atoms with Crippen molar-refractivity contribution in [2.45, 2.75) is 108 Å². The van der Waals surface area contributed by atoms with Gasteiger partial charge >= 0.3 is 12.3 Å². The Labute approximate surface area is 300 Å². The normalized spacial score (nSPS) is 18.2. The van der Waals surface area contributed by atoms with Gasteiger partial charge in [0.1, 0.15) is 10.8 Å². The standard InChI is InChI=1S/C36H45ClF3N5O4S/c1-33(2,3)49-32(47)44-23-25(22-34(44,4)5)10-7-6-9-24-11-8-12-26(21-24)50-43-31(46)27-13-14-28(41-30(27)37)45-19-15-29(42-45)48-20-18-35(16-17-35)36(38,39)40/h8,11-15,19,21,25H,6-7,9-10,16-18,20,22-23H2,1-5H3,(H,43,46). The number of pyridine rings is 1. The number of aryl methyl sites for hydroxylation is 1. The molecule has 1 unspecified atom stereocenters. The number of alkyl halides is 3. The van der Waals surface area contributed by atoms with E-state index in [0.717, 1.165) is 37.0 Å². The van der Waals surface area contributed by atoms with Crippen LogP contribution < -0.4 is 9.46 Å². The molecule has 0 bridgehead atoms. The van der Waals surface area contributed by atoms with Crippen LogP contribution in [-0.4, -0.2) is 62.1 Å². The molecule has 14 heteroatoms. The number of halogens is 4. The number of carbonyl (C=O) groups is 2. The lowest BCUT2D eigenvalue weighted by Gasteiger charge is -2.33. The fourth-order valence-corrected chi connectivity index (χ4v) is 7.23. The number of benzene rings is 1. The molecule has 2 aromatic heterocycles. The highest BCUT2D eigenvalue weighted by atomic mass is 35.5. The van der Waals surface area contributed by atoms with Crippen LogP contribution in [-0.2, 0) is 11.2 Å². The van der Waals surface area contributed by atoms with Gasteiger partial charge in [-0.25, -0.2) is 14.5 Å². The maximum atomic E-state index is 13.2. The number of ether oxygens (including phenoxy) is 2. The van der Waals surface area contributed by atoms with E-state index in [1.807, 2.05) is 37.8 Å². The number of hydrogen-bond donors (Lipinski definition) is 1. The molecule has 1 saturated heterocycles. The molecule has 272 valence electrons. The van der Waals surface area contributed by atoms with E-state index in [-0.39, 0.29) is 54.1 Å². The van der Waals surface area contributed by atoms with Gasteiger partial charge < -0.3 is 14.4 Å². The molecule has 1 aliphatic heterocycles.